The fourth-order valence-corrected chi connectivity index (χ4v) is 3.43. The van der Waals surface area contributed by atoms with Crippen LogP contribution < -0.4 is 5.32 Å². The molecule has 1 heterocycles. The minimum Gasteiger partial charge on any atom is -0.508 e. The largest absolute Gasteiger partial charge is 0.508 e. The SMILES string of the molecule is CNC(=O)C1(COC)CCCN1C(=O)c1cc(O)cc(Br)c1. The molecule has 120 valence electrons. The number of hydrogen-bond acceptors (Lipinski definition) is 4. The van der Waals surface area contributed by atoms with Gasteiger partial charge in [-0.1, -0.05) is 15.9 Å². The Hall–Kier alpha value is -1.60. The molecule has 1 aromatic carbocycles. The van der Waals surface area contributed by atoms with Crippen molar-refractivity contribution in [3.05, 3.63) is 28.2 Å². The van der Waals surface area contributed by atoms with Crippen molar-refractivity contribution >= 4 is 27.7 Å². The van der Waals surface area contributed by atoms with Gasteiger partial charge in [-0.2, -0.15) is 0 Å². The lowest BCUT2D eigenvalue weighted by atomic mass is 9.95. The third-order valence-corrected chi connectivity index (χ3v) is 4.35. The number of aromatic hydroxyl groups is 1. The molecule has 1 fully saturated rings. The normalized spacial score (nSPS) is 21.0. The van der Waals surface area contributed by atoms with Crippen LogP contribution >= 0.6 is 15.9 Å². The molecule has 0 bridgehead atoms. The van der Waals surface area contributed by atoms with Gasteiger partial charge in [0.2, 0.25) is 5.91 Å². The molecule has 1 unspecified atom stereocenters. The Balaban J connectivity index is 2.39. The van der Waals surface area contributed by atoms with Gasteiger partial charge < -0.3 is 20.1 Å². The number of amides is 2. The van der Waals surface area contributed by atoms with Crippen LogP contribution in [0.4, 0.5) is 0 Å². The van der Waals surface area contributed by atoms with E-state index in [0.717, 1.165) is 6.42 Å². The van der Waals surface area contributed by atoms with E-state index in [9.17, 15) is 14.7 Å². The molecule has 6 nitrogen and oxygen atoms in total. The summed E-state index contributed by atoms with van der Waals surface area (Å²) in [6.07, 6.45) is 1.27. The Kier molecular flexibility index (Phi) is 5.08. The van der Waals surface area contributed by atoms with E-state index < -0.39 is 5.54 Å². The van der Waals surface area contributed by atoms with Gasteiger partial charge in [0.05, 0.1) is 6.61 Å². The maximum atomic E-state index is 12.8. The molecule has 2 rings (SSSR count). The van der Waals surface area contributed by atoms with Gasteiger partial charge in [0.1, 0.15) is 11.3 Å². The third kappa shape index (κ3) is 2.96. The first kappa shape index (κ1) is 16.8. The molecule has 0 radical (unpaired) electrons. The molecule has 0 aliphatic carbocycles. The van der Waals surface area contributed by atoms with Crippen LogP contribution in [0.25, 0.3) is 0 Å². The van der Waals surface area contributed by atoms with E-state index >= 15 is 0 Å². The summed E-state index contributed by atoms with van der Waals surface area (Å²) in [5, 5.41) is 12.3. The molecule has 1 aliphatic rings. The van der Waals surface area contributed by atoms with Gasteiger partial charge in [-0.05, 0) is 31.0 Å². The molecule has 1 aromatic rings. The van der Waals surface area contributed by atoms with E-state index in [1.165, 1.54) is 24.1 Å². The second kappa shape index (κ2) is 6.66. The molecule has 2 N–H and O–H groups in total. The van der Waals surface area contributed by atoms with Crippen LogP contribution in [0.15, 0.2) is 22.7 Å². The lowest BCUT2D eigenvalue weighted by Gasteiger charge is -2.36. The molecular weight excluding hydrogens is 352 g/mol. The van der Waals surface area contributed by atoms with Gasteiger partial charge in [-0.25, -0.2) is 0 Å². The van der Waals surface area contributed by atoms with Crippen LogP contribution in [0.5, 0.6) is 5.75 Å². The number of hydrogen-bond donors (Lipinski definition) is 2. The van der Waals surface area contributed by atoms with E-state index in [4.69, 9.17) is 4.74 Å². The second-order valence-electron chi connectivity index (χ2n) is 5.30. The van der Waals surface area contributed by atoms with Crippen LogP contribution in [0.2, 0.25) is 0 Å². The fraction of sp³-hybridized carbons (Fsp3) is 0.467. The summed E-state index contributed by atoms with van der Waals surface area (Å²) in [6, 6.07) is 4.52. The highest BCUT2D eigenvalue weighted by Crippen LogP contribution is 2.32. The van der Waals surface area contributed by atoms with Gasteiger partial charge in [0, 0.05) is 30.7 Å². The number of likely N-dealkylation sites (tertiary alicyclic amines) is 1. The average molecular weight is 371 g/mol. The second-order valence-corrected chi connectivity index (χ2v) is 6.22. The smallest absolute Gasteiger partial charge is 0.255 e. The predicted molar refractivity (Wildman–Crippen MR) is 84.8 cm³/mol. The van der Waals surface area contributed by atoms with Gasteiger partial charge >= 0.3 is 0 Å². The van der Waals surface area contributed by atoms with Crippen molar-refractivity contribution in [3.63, 3.8) is 0 Å². The molecule has 1 atom stereocenters. The molecule has 1 saturated heterocycles. The van der Waals surface area contributed by atoms with Crippen LogP contribution in [-0.2, 0) is 9.53 Å². The number of halogens is 1. The van der Waals surface area contributed by atoms with Gasteiger partial charge in [-0.15, -0.1) is 0 Å². The van der Waals surface area contributed by atoms with E-state index in [2.05, 4.69) is 21.2 Å². The number of nitrogens with one attached hydrogen (secondary N) is 1. The van der Waals surface area contributed by atoms with Crippen molar-refractivity contribution in [2.75, 3.05) is 27.3 Å². The summed E-state index contributed by atoms with van der Waals surface area (Å²) < 4.78 is 5.81. The number of ether oxygens (including phenoxy) is 1. The highest BCUT2D eigenvalue weighted by atomic mass is 79.9. The summed E-state index contributed by atoms with van der Waals surface area (Å²) in [5.41, 5.74) is -0.670. The maximum Gasteiger partial charge on any atom is 0.255 e. The number of benzene rings is 1. The fourth-order valence-electron chi connectivity index (χ4n) is 2.95. The highest BCUT2D eigenvalue weighted by Gasteiger charge is 2.49. The number of methoxy groups -OCH3 is 1. The Bertz CT molecular complexity index is 573. The molecule has 2 amide bonds. The Morgan fingerprint density at radius 3 is 2.77 bits per heavy atom. The zero-order chi connectivity index (χ0) is 16.3. The minimum atomic E-state index is -1.00. The average Bonchev–Trinajstić information content (AvgIpc) is 2.89. The number of phenols is 1. The topological polar surface area (TPSA) is 78.9 Å². The summed E-state index contributed by atoms with van der Waals surface area (Å²) in [7, 11) is 3.06. The zero-order valence-corrected chi connectivity index (χ0v) is 14.1. The summed E-state index contributed by atoms with van der Waals surface area (Å²) in [5.74, 6) is -0.539. The number of nitrogens with zero attached hydrogens (tertiary/aromatic N) is 1. The Labute approximate surface area is 137 Å². The van der Waals surface area contributed by atoms with E-state index in [1.54, 1.807) is 13.1 Å². The minimum absolute atomic E-state index is 0.00536. The quantitative estimate of drug-likeness (QED) is 0.841. The lowest BCUT2D eigenvalue weighted by molar-refractivity contribution is -0.133. The number of phenolic OH excluding ortho intramolecular Hbond substituents is 1. The third-order valence-electron chi connectivity index (χ3n) is 3.90. The van der Waals surface area contributed by atoms with Crippen LogP contribution in [0.3, 0.4) is 0 Å². The number of carbonyl (C=O) groups excluding carboxylic acids is 2. The monoisotopic (exact) mass is 370 g/mol. The molecule has 0 spiro atoms. The molecule has 1 aliphatic heterocycles. The van der Waals surface area contributed by atoms with Crippen LogP contribution in [0, 0.1) is 0 Å². The number of rotatable bonds is 4. The molecule has 0 saturated carbocycles. The maximum absolute atomic E-state index is 12.8. The van der Waals surface area contributed by atoms with Gasteiger partial charge in [0.25, 0.3) is 5.91 Å². The number of carbonyl (C=O) groups is 2. The van der Waals surface area contributed by atoms with E-state index in [0.29, 0.717) is 23.0 Å². The van der Waals surface area contributed by atoms with Crippen molar-refractivity contribution in [3.8, 4) is 5.75 Å². The standard InChI is InChI=1S/C15H19BrN2O4/c1-17-14(21)15(9-22-2)4-3-5-18(15)13(20)10-6-11(16)8-12(19)7-10/h6-8,19H,3-5,9H2,1-2H3,(H,17,21). The molecule has 0 aromatic heterocycles. The number of likely N-dealkylation sites (N-methyl/N-ethyl adjacent to an activating group) is 1. The Morgan fingerprint density at radius 1 is 1.45 bits per heavy atom. The van der Waals surface area contributed by atoms with Gasteiger partial charge in [0.15, 0.2) is 0 Å². The first-order valence-electron chi connectivity index (χ1n) is 6.97. The van der Waals surface area contributed by atoms with Gasteiger partial charge in [-0.3, -0.25) is 9.59 Å². The highest BCUT2D eigenvalue weighted by molar-refractivity contribution is 9.10. The van der Waals surface area contributed by atoms with Crippen molar-refractivity contribution < 1.29 is 19.4 Å². The van der Waals surface area contributed by atoms with Crippen molar-refractivity contribution in [1.82, 2.24) is 10.2 Å². The first-order chi connectivity index (χ1) is 10.4. The van der Waals surface area contributed by atoms with Crippen molar-refractivity contribution in [1.29, 1.82) is 0 Å². The molecular formula is C15H19BrN2O4. The molecule has 7 heteroatoms. The summed E-state index contributed by atoms with van der Waals surface area (Å²) >= 11 is 3.26. The molecule has 22 heavy (non-hydrogen) atoms. The predicted octanol–water partition coefficient (Wildman–Crippen LogP) is 1.52. The van der Waals surface area contributed by atoms with Crippen LogP contribution in [-0.4, -0.2) is 54.7 Å². The van der Waals surface area contributed by atoms with Crippen LogP contribution in [0.1, 0.15) is 23.2 Å². The van der Waals surface area contributed by atoms with E-state index in [-0.39, 0.29) is 24.2 Å². The van der Waals surface area contributed by atoms with Crippen molar-refractivity contribution in [2.45, 2.75) is 18.4 Å². The Morgan fingerprint density at radius 2 is 2.18 bits per heavy atom. The zero-order valence-electron chi connectivity index (χ0n) is 12.6. The van der Waals surface area contributed by atoms with Crippen molar-refractivity contribution in [2.24, 2.45) is 0 Å². The first-order valence-corrected chi connectivity index (χ1v) is 7.76. The van der Waals surface area contributed by atoms with E-state index in [1.807, 2.05) is 0 Å². The lowest BCUT2D eigenvalue weighted by Crippen LogP contribution is -2.59. The summed E-state index contributed by atoms with van der Waals surface area (Å²) in [4.78, 5) is 26.7. The summed E-state index contributed by atoms with van der Waals surface area (Å²) in [6.45, 7) is 0.612.